The third-order valence-corrected chi connectivity index (χ3v) is 3.74. The van der Waals surface area contributed by atoms with E-state index in [1.807, 2.05) is 24.3 Å². The second-order valence-electron chi connectivity index (χ2n) is 3.71. The number of aromatic nitrogens is 1. The Bertz CT molecular complexity index is 730. The number of nitrogens with one attached hydrogen (secondary N) is 1. The van der Waals surface area contributed by atoms with Gasteiger partial charge in [0.05, 0.1) is 10.7 Å². The van der Waals surface area contributed by atoms with Gasteiger partial charge in [-0.3, -0.25) is 5.43 Å². The van der Waals surface area contributed by atoms with Crippen LogP contribution in [0.5, 0.6) is 0 Å². The average molecular weight is 314 g/mol. The molecule has 0 saturated carbocycles. The molecule has 0 bridgehead atoms. The summed E-state index contributed by atoms with van der Waals surface area (Å²) in [7, 11) is 0. The molecule has 0 fully saturated rings. The first-order valence-electron chi connectivity index (χ1n) is 5.75. The van der Waals surface area contributed by atoms with Crippen molar-refractivity contribution in [3.05, 3.63) is 47.6 Å². The van der Waals surface area contributed by atoms with Gasteiger partial charge in [-0.05, 0) is 30.3 Å². The van der Waals surface area contributed by atoms with Gasteiger partial charge in [-0.1, -0.05) is 29.4 Å². The predicted octanol–water partition coefficient (Wildman–Crippen LogP) is 3.70. The Hall–Kier alpha value is -2.54. The molecular formula is C14H8ClN5S. The molecule has 1 N–H and O–H groups in total. The molecule has 0 unspecified atom stereocenters. The quantitative estimate of drug-likeness (QED) is 0.687. The molecule has 0 aliphatic rings. The number of hydrazone groups is 1. The lowest BCUT2D eigenvalue weighted by atomic mass is 10.3. The molecule has 21 heavy (non-hydrogen) atoms. The van der Waals surface area contributed by atoms with Crippen molar-refractivity contribution in [1.82, 2.24) is 4.98 Å². The maximum absolute atomic E-state index is 8.59. The summed E-state index contributed by atoms with van der Waals surface area (Å²) in [6.07, 6.45) is 1.71. The van der Waals surface area contributed by atoms with E-state index in [0.717, 1.165) is 9.92 Å². The molecule has 0 saturated heterocycles. The standard InChI is InChI=1S/C14H8ClN5S/c15-12-7-10(19-20-11(8-16)9-17)4-5-13(12)21-14-3-1-2-6-18-14/h1-7,19H. The third kappa shape index (κ3) is 4.22. The van der Waals surface area contributed by atoms with E-state index in [9.17, 15) is 0 Å². The molecule has 0 atom stereocenters. The molecule has 2 rings (SSSR count). The minimum Gasteiger partial charge on any atom is -0.276 e. The Morgan fingerprint density at radius 2 is 2.05 bits per heavy atom. The molecule has 2 aromatic rings. The Morgan fingerprint density at radius 3 is 2.67 bits per heavy atom. The van der Waals surface area contributed by atoms with E-state index in [1.165, 1.54) is 11.8 Å². The van der Waals surface area contributed by atoms with Gasteiger partial charge in [0.25, 0.3) is 0 Å². The van der Waals surface area contributed by atoms with Crippen LogP contribution in [0.1, 0.15) is 0 Å². The first-order valence-corrected chi connectivity index (χ1v) is 6.94. The van der Waals surface area contributed by atoms with E-state index >= 15 is 0 Å². The van der Waals surface area contributed by atoms with Crippen LogP contribution in [-0.4, -0.2) is 10.7 Å². The summed E-state index contributed by atoms with van der Waals surface area (Å²) in [5.41, 5.74) is 2.95. The van der Waals surface area contributed by atoms with Gasteiger partial charge >= 0.3 is 0 Å². The number of rotatable bonds is 4. The van der Waals surface area contributed by atoms with Crippen LogP contribution in [0, 0.1) is 22.7 Å². The van der Waals surface area contributed by atoms with Gasteiger partial charge in [0, 0.05) is 11.1 Å². The number of hydrogen-bond donors (Lipinski definition) is 1. The predicted molar refractivity (Wildman–Crippen MR) is 82.1 cm³/mol. The summed E-state index contributed by atoms with van der Waals surface area (Å²) in [6, 6.07) is 14.2. The van der Waals surface area contributed by atoms with Crippen molar-refractivity contribution in [3.63, 3.8) is 0 Å². The summed E-state index contributed by atoms with van der Waals surface area (Å²) in [5, 5.41) is 22.2. The highest BCUT2D eigenvalue weighted by Crippen LogP contribution is 2.33. The molecule has 1 heterocycles. The van der Waals surface area contributed by atoms with Crippen LogP contribution in [0.15, 0.2) is 57.6 Å². The molecule has 0 amide bonds. The lowest BCUT2D eigenvalue weighted by Gasteiger charge is -2.06. The number of nitriles is 2. The van der Waals surface area contributed by atoms with Crippen LogP contribution < -0.4 is 5.43 Å². The summed E-state index contributed by atoms with van der Waals surface area (Å²) in [6.45, 7) is 0. The van der Waals surface area contributed by atoms with Crippen molar-refractivity contribution >= 4 is 34.8 Å². The van der Waals surface area contributed by atoms with Gasteiger partial charge in [-0.25, -0.2) is 4.98 Å². The normalized spacial score (nSPS) is 9.29. The molecule has 7 heteroatoms. The molecule has 0 radical (unpaired) electrons. The number of pyridine rings is 1. The van der Waals surface area contributed by atoms with Crippen molar-refractivity contribution in [2.75, 3.05) is 5.43 Å². The molecule has 0 aliphatic heterocycles. The lowest BCUT2D eigenvalue weighted by Crippen LogP contribution is -1.96. The zero-order valence-corrected chi connectivity index (χ0v) is 12.2. The minimum absolute atomic E-state index is 0.252. The summed E-state index contributed by atoms with van der Waals surface area (Å²) in [4.78, 5) is 5.07. The van der Waals surface area contributed by atoms with Gasteiger partial charge in [-0.15, -0.1) is 0 Å². The first-order chi connectivity index (χ1) is 10.2. The number of benzene rings is 1. The number of nitrogens with zero attached hydrogens (tertiary/aromatic N) is 4. The number of anilines is 1. The van der Waals surface area contributed by atoms with Gasteiger partial charge in [0.15, 0.2) is 0 Å². The van der Waals surface area contributed by atoms with Gasteiger partial charge in [0.1, 0.15) is 17.2 Å². The van der Waals surface area contributed by atoms with Crippen LogP contribution in [-0.2, 0) is 0 Å². The molecule has 1 aromatic carbocycles. The highest BCUT2D eigenvalue weighted by molar-refractivity contribution is 7.99. The van der Waals surface area contributed by atoms with Gasteiger partial charge < -0.3 is 0 Å². The van der Waals surface area contributed by atoms with Gasteiger partial charge in [-0.2, -0.15) is 15.6 Å². The minimum atomic E-state index is -0.252. The highest BCUT2D eigenvalue weighted by atomic mass is 35.5. The maximum Gasteiger partial charge on any atom is 0.237 e. The summed E-state index contributed by atoms with van der Waals surface area (Å²) < 4.78 is 0. The molecular weight excluding hydrogens is 306 g/mol. The molecule has 102 valence electrons. The Balaban J connectivity index is 2.13. The molecule has 0 aliphatic carbocycles. The average Bonchev–Trinajstić information content (AvgIpc) is 2.52. The van der Waals surface area contributed by atoms with Crippen LogP contribution in [0.25, 0.3) is 0 Å². The summed E-state index contributed by atoms with van der Waals surface area (Å²) in [5.74, 6) is 0. The summed E-state index contributed by atoms with van der Waals surface area (Å²) >= 11 is 7.64. The Kier molecular flexibility index (Phi) is 5.16. The van der Waals surface area contributed by atoms with Crippen molar-refractivity contribution in [3.8, 4) is 12.1 Å². The number of halogens is 1. The van der Waals surface area contributed by atoms with Crippen molar-refractivity contribution in [1.29, 1.82) is 10.5 Å². The first kappa shape index (κ1) is 14.9. The highest BCUT2D eigenvalue weighted by Gasteiger charge is 2.05. The second-order valence-corrected chi connectivity index (χ2v) is 5.18. The largest absolute Gasteiger partial charge is 0.276 e. The van der Waals surface area contributed by atoms with Crippen molar-refractivity contribution < 1.29 is 0 Å². The zero-order chi connectivity index (χ0) is 15.1. The zero-order valence-electron chi connectivity index (χ0n) is 10.6. The van der Waals surface area contributed by atoms with Crippen LogP contribution in [0.4, 0.5) is 5.69 Å². The van der Waals surface area contributed by atoms with Crippen LogP contribution >= 0.6 is 23.4 Å². The van der Waals surface area contributed by atoms with Crippen LogP contribution in [0.3, 0.4) is 0 Å². The SMILES string of the molecule is N#CC(C#N)=NNc1ccc(Sc2ccccn2)c(Cl)c1. The fourth-order valence-electron chi connectivity index (χ4n) is 1.37. The second kappa shape index (κ2) is 7.30. The molecule has 5 nitrogen and oxygen atoms in total. The lowest BCUT2D eigenvalue weighted by molar-refractivity contribution is 1.13. The Labute approximate surface area is 130 Å². The van der Waals surface area contributed by atoms with Crippen LogP contribution in [0.2, 0.25) is 5.02 Å². The fourth-order valence-corrected chi connectivity index (χ4v) is 2.44. The monoisotopic (exact) mass is 313 g/mol. The third-order valence-electron chi connectivity index (χ3n) is 2.29. The van der Waals surface area contributed by atoms with E-state index < -0.39 is 0 Å². The van der Waals surface area contributed by atoms with E-state index in [-0.39, 0.29) is 5.71 Å². The van der Waals surface area contributed by atoms with Crippen molar-refractivity contribution in [2.45, 2.75) is 9.92 Å². The fraction of sp³-hybridized carbons (Fsp3) is 0. The van der Waals surface area contributed by atoms with E-state index in [2.05, 4.69) is 15.5 Å². The van der Waals surface area contributed by atoms with Gasteiger partial charge in [0.2, 0.25) is 5.71 Å². The van der Waals surface area contributed by atoms with E-state index in [1.54, 1.807) is 30.5 Å². The molecule has 1 aromatic heterocycles. The maximum atomic E-state index is 8.59. The van der Waals surface area contributed by atoms with Crippen molar-refractivity contribution in [2.24, 2.45) is 5.10 Å². The topological polar surface area (TPSA) is 84.9 Å². The molecule has 0 spiro atoms. The smallest absolute Gasteiger partial charge is 0.237 e. The number of hydrogen-bond acceptors (Lipinski definition) is 6. The van der Waals surface area contributed by atoms with E-state index in [4.69, 9.17) is 22.1 Å². The Morgan fingerprint density at radius 1 is 1.24 bits per heavy atom. The van der Waals surface area contributed by atoms with E-state index in [0.29, 0.717) is 10.7 Å².